The molecule has 10 heteroatoms. The van der Waals surface area contributed by atoms with Crippen LogP contribution in [0.15, 0.2) is 35.1 Å². The van der Waals surface area contributed by atoms with Crippen molar-refractivity contribution in [3.05, 3.63) is 73.9 Å². The minimum Gasteiger partial charge on any atom is -0.320 e. The van der Waals surface area contributed by atoms with Crippen molar-refractivity contribution in [2.45, 2.75) is 25.9 Å². The highest BCUT2D eigenvalue weighted by Crippen LogP contribution is 2.35. The summed E-state index contributed by atoms with van der Waals surface area (Å²) in [7, 11) is 0. The Labute approximate surface area is 178 Å². The van der Waals surface area contributed by atoms with Crippen molar-refractivity contribution < 1.29 is 18.0 Å². The molecule has 156 valence electrons. The van der Waals surface area contributed by atoms with Crippen molar-refractivity contribution in [2.24, 2.45) is 0 Å². The van der Waals surface area contributed by atoms with E-state index in [4.69, 9.17) is 23.2 Å². The summed E-state index contributed by atoms with van der Waals surface area (Å²) in [6.45, 7) is 0.962. The first-order chi connectivity index (χ1) is 14.3. The van der Waals surface area contributed by atoms with Crippen LogP contribution in [0.2, 0.25) is 10.2 Å². The Bertz CT molecular complexity index is 1220. The second-order valence-electron chi connectivity index (χ2n) is 6.79. The summed E-state index contributed by atoms with van der Waals surface area (Å²) >= 11 is 12.4. The number of rotatable bonds is 3. The molecule has 1 aliphatic heterocycles. The maximum absolute atomic E-state index is 14.7. The van der Waals surface area contributed by atoms with Crippen LogP contribution in [-0.2, 0) is 13.1 Å². The number of hydrogen-bond donors (Lipinski definition) is 1. The minimum absolute atomic E-state index is 0.0679. The number of fused-ring (bicyclic) bond motifs is 1. The number of benzene rings is 2. The molecule has 3 aromatic rings. The first-order valence-electron chi connectivity index (χ1n) is 9.03. The predicted octanol–water partition coefficient (Wildman–Crippen LogP) is 5.09. The van der Waals surface area contributed by atoms with Crippen LogP contribution in [0, 0.1) is 17.5 Å². The highest BCUT2D eigenvalue weighted by molar-refractivity contribution is 6.34. The molecule has 5 nitrogen and oxygen atoms in total. The number of hydrogen-bond acceptors (Lipinski definition) is 2. The first-order valence-corrected chi connectivity index (χ1v) is 9.79. The Morgan fingerprint density at radius 1 is 0.967 bits per heavy atom. The van der Waals surface area contributed by atoms with E-state index >= 15 is 0 Å². The van der Waals surface area contributed by atoms with Gasteiger partial charge in [0.15, 0.2) is 0 Å². The lowest BCUT2D eigenvalue weighted by Crippen LogP contribution is -2.27. The van der Waals surface area contributed by atoms with E-state index in [0.29, 0.717) is 13.1 Å². The maximum Gasteiger partial charge on any atom is 0.276 e. The monoisotopic (exact) mass is 455 g/mol. The lowest BCUT2D eigenvalue weighted by molar-refractivity contribution is 0.101. The third-order valence-electron chi connectivity index (χ3n) is 4.93. The lowest BCUT2D eigenvalue weighted by Gasteiger charge is -2.17. The van der Waals surface area contributed by atoms with Crippen LogP contribution < -0.4 is 10.9 Å². The van der Waals surface area contributed by atoms with Crippen LogP contribution in [0.5, 0.6) is 0 Å². The molecule has 0 unspecified atom stereocenters. The molecule has 0 atom stereocenters. The average molecular weight is 456 g/mol. The molecule has 4 rings (SSSR count). The van der Waals surface area contributed by atoms with Gasteiger partial charge in [0.1, 0.15) is 28.2 Å². The minimum atomic E-state index is -1.11. The van der Waals surface area contributed by atoms with Crippen molar-refractivity contribution in [3.8, 4) is 11.1 Å². The SMILES string of the molecule is O=C(Nc1cc(-c2c(Cl)n3n(c2=O)CCCC3)c(F)cc1Cl)c1c(F)cccc1F. The quantitative estimate of drug-likeness (QED) is 0.598. The zero-order valence-electron chi connectivity index (χ0n) is 15.3. The molecule has 1 N–H and O–H groups in total. The zero-order valence-corrected chi connectivity index (χ0v) is 16.8. The summed E-state index contributed by atoms with van der Waals surface area (Å²) in [6, 6.07) is 5.02. The van der Waals surface area contributed by atoms with Crippen LogP contribution >= 0.6 is 23.2 Å². The van der Waals surface area contributed by atoms with Crippen molar-refractivity contribution in [1.29, 1.82) is 0 Å². The van der Waals surface area contributed by atoms with E-state index in [0.717, 1.165) is 43.2 Å². The number of halogens is 5. The fraction of sp³-hybridized carbons (Fsp3) is 0.200. The highest BCUT2D eigenvalue weighted by Gasteiger charge is 2.26. The summed E-state index contributed by atoms with van der Waals surface area (Å²) in [5.41, 5.74) is -1.64. The molecule has 0 spiro atoms. The number of anilines is 1. The van der Waals surface area contributed by atoms with E-state index in [9.17, 15) is 22.8 Å². The number of nitrogens with zero attached hydrogens (tertiary/aromatic N) is 2. The standard InChI is InChI=1S/C20H14Cl2F3N3O2/c21-11-9-14(25)10(16-18(22)27-6-1-2-7-28(27)20(16)30)8-15(11)26-19(29)17-12(23)4-3-5-13(17)24/h3-5,8-9H,1-2,6-7H2,(H,26,29). The number of aromatic nitrogens is 2. The molecule has 0 aliphatic carbocycles. The molecule has 2 heterocycles. The first kappa shape index (κ1) is 20.6. The molecule has 2 aromatic carbocycles. The number of nitrogens with one attached hydrogen (secondary N) is 1. The number of carbonyl (C=O) groups is 1. The zero-order chi connectivity index (χ0) is 21.6. The van der Waals surface area contributed by atoms with Crippen LogP contribution in [0.4, 0.5) is 18.9 Å². The second kappa shape index (κ2) is 7.85. The molecule has 1 aromatic heterocycles. The van der Waals surface area contributed by atoms with Gasteiger partial charge >= 0.3 is 0 Å². The van der Waals surface area contributed by atoms with Gasteiger partial charge in [-0.05, 0) is 37.1 Å². The second-order valence-corrected chi connectivity index (χ2v) is 7.55. The van der Waals surface area contributed by atoms with Crippen molar-refractivity contribution in [3.63, 3.8) is 0 Å². The van der Waals surface area contributed by atoms with Gasteiger partial charge in [0.25, 0.3) is 11.5 Å². The molecule has 0 saturated carbocycles. The Balaban J connectivity index is 1.79. The Morgan fingerprint density at radius 3 is 2.23 bits per heavy atom. The van der Waals surface area contributed by atoms with Crippen molar-refractivity contribution in [1.82, 2.24) is 9.36 Å². The third-order valence-corrected chi connectivity index (χ3v) is 5.62. The van der Waals surface area contributed by atoms with E-state index in [2.05, 4.69) is 5.32 Å². The fourth-order valence-corrected chi connectivity index (χ4v) is 4.04. The van der Waals surface area contributed by atoms with Gasteiger partial charge in [0.2, 0.25) is 0 Å². The summed E-state index contributed by atoms with van der Waals surface area (Å²) in [5.74, 6) is -4.05. The topological polar surface area (TPSA) is 56.0 Å². The summed E-state index contributed by atoms with van der Waals surface area (Å²) in [6.07, 6.45) is 1.62. The molecule has 0 bridgehead atoms. The van der Waals surface area contributed by atoms with Gasteiger partial charge in [-0.1, -0.05) is 29.3 Å². The van der Waals surface area contributed by atoms with E-state index in [-0.39, 0.29) is 27.0 Å². The Kier molecular flexibility index (Phi) is 5.38. The molecule has 1 amide bonds. The van der Waals surface area contributed by atoms with E-state index in [1.807, 2.05) is 0 Å². The third kappa shape index (κ3) is 3.40. The number of carbonyl (C=O) groups excluding carboxylic acids is 1. The van der Waals surface area contributed by atoms with Gasteiger partial charge in [0, 0.05) is 18.7 Å². The highest BCUT2D eigenvalue weighted by atomic mass is 35.5. The van der Waals surface area contributed by atoms with E-state index in [1.165, 1.54) is 4.68 Å². The predicted molar refractivity (Wildman–Crippen MR) is 108 cm³/mol. The van der Waals surface area contributed by atoms with E-state index in [1.54, 1.807) is 4.68 Å². The van der Waals surface area contributed by atoms with Gasteiger partial charge < -0.3 is 5.32 Å². The molecule has 0 radical (unpaired) electrons. The van der Waals surface area contributed by atoms with Gasteiger partial charge in [0.05, 0.1) is 16.3 Å². The van der Waals surface area contributed by atoms with Crippen LogP contribution in [-0.4, -0.2) is 15.3 Å². The van der Waals surface area contributed by atoms with Crippen LogP contribution in [0.25, 0.3) is 11.1 Å². The normalized spacial score (nSPS) is 13.2. The van der Waals surface area contributed by atoms with E-state index < -0.39 is 34.5 Å². The molecule has 1 aliphatic rings. The van der Waals surface area contributed by atoms with Crippen molar-refractivity contribution in [2.75, 3.05) is 5.32 Å². The van der Waals surface area contributed by atoms with Gasteiger partial charge in [-0.15, -0.1) is 0 Å². The summed E-state index contributed by atoms with van der Waals surface area (Å²) in [4.78, 5) is 25.2. The fourth-order valence-electron chi connectivity index (χ4n) is 3.49. The number of amides is 1. The summed E-state index contributed by atoms with van der Waals surface area (Å²) in [5, 5.41) is 2.13. The van der Waals surface area contributed by atoms with Crippen LogP contribution in [0.1, 0.15) is 23.2 Å². The average Bonchev–Trinajstić information content (AvgIpc) is 2.95. The Morgan fingerprint density at radius 2 is 1.60 bits per heavy atom. The van der Waals surface area contributed by atoms with Crippen molar-refractivity contribution >= 4 is 34.8 Å². The molecule has 30 heavy (non-hydrogen) atoms. The smallest absolute Gasteiger partial charge is 0.276 e. The van der Waals surface area contributed by atoms with Crippen LogP contribution in [0.3, 0.4) is 0 Å². The maximum atomic E-state index is 14.7. The molecule has 0 fully saturated rings. The summed E-state index contributed by atoms with van der Waals surface area (Å²) < 4.78 is 45.5. The lowest BCUT2D eigenvalue weighted by atomic mass is 10.1. The molecular weight excluding hydrogens is 442 g/mol. The van der Waals surface area contributed by atoms with Gasteiger partial charge in [-0.25, -0.2) is 17.9 Å². The van der Waals surface area contributed by atoms with Gasteiger partial charge in [-0.2, -0.15) is 0 Å². The Hall–Kier alpha value is -2.71. The largest absolute Gasteiger partial charge is 0.320 e. The molecule has 0 saturated heterocycles. The molecular formula is C20H14Cl2F3N3O2. The van der Waals surface area contributed by atoms with Gasteiger partial charge in [-0.3, -0.25) is 14.3 Å².